The molecule has 0 aliphatic carbocycles. The van der Waals surface area contributed by atoms with Gasteiger partial charge in [0.25, 0.3) is 11.9 Å². The summed E-state index contributed by atoms with van der Waals surface area (Å²) >= 11 is 3.46. The summed E-state index contributed by atoms with van der Waals surface area (Å²) in [4.78, 5) is 27.0. The highest BCUT2D eigenvalue weighted by Gasteiger charge is 2.68. The molecule has 0 unspecified atom stereocenters. The van der Waals surface area contributed by atoms with Gasteiger partial charge < -0.3 is 10.1 Å². The highest BCUT2D eigenvalue weighted by atomic mass is 79.9. The Morgan fingerprint density at radius 1 is 1.41 bits per heavy atom. The molecule has 150 valence electrons. The summed E-state index contributed by atoms with van der Waals surface area (Å²) in [7, 11) is 1.76. The lowest BCUT2D eigenvalue weighted by atomic mass is 9.79. The third kappa shape index (κ3) is 2.86. The number of fused-ring (bicyclic) bond motifs is 2. The van der Waals surface area contributed by atoms with E-state index in [-0.39, 0.29) is 17.4 Å². The highest BCUT2D eigenvalue weighted by molar-refractivity contribution is 9.10. The highest BCUT2D eigenvalue weighted by Crippen LogP contribution is 2.53. The summed E-state index contributed by atoms with van der Waals surface area (Å²) in [5.41, 5.74) is 0.585. The van der Waals surface area contributed by atoms with Crippen LogP contribution in [0.5, 0.6) is 5.75 Å². The number of nitrogens with one attached hydrogen (secondary N) is 1. The molecule has 2 aromatic rings. The number of hydrogen-bond acceptors (Lipinski definition) is 5. The van der Waals surface area contributed by atoms with E-state index in [2.05, 4.69) is 27.8 Å². The van der Waals surface area contributed by atoms with Gasteiger partial charge in [0.15, 0.2) is 5.54 Å². The molecule has 2 aliphatic heterocycles. The number of amides is 1. The summed E-state index contributed by atoms with van der Waals surface area (Å²) in [6.45, 7) is 4.29. The van der Waals surface area contributed by atoms with E-state index < -0.39 is 17.5 Å². The van der Waals surface area contributed by atoms with Crippen LogP contribution in [0.15, 0.2) is 59.6 Å². The lowest BCUT2D eigenvalue weighted by molar-refractivity contribution is -0.534. The van der Waals surface area contributed by atoms with Crippen LogP contribution in [0.1, 0.15) is 17.0 Å². The van der Waals surface area contributed by atoms with Crippen molar-refractivity contribution >= 4 is 27.5 Å². The predicted octanol–water partition coefficient (Wildman–Crippen LogP) is 3.54. The van der Waals surface area contributed by atoms with Crippen LogP contribution in [-0.2, 0) is 10.3 Å². The number of para-hydroxylation sites is 1. The lowest BCUT2D eigenvalue weighted by Crippen LogP contribution is -2.54. The van der Waals surface area contributed by atoms with Gasteiger partial charge >= 0.3 is 0 Å². The van der Waals surface area contributed by atoms with E-state index in [1.54, 1.807) is 48.4 Å². The quantitative estimate of drug-likeness (QED) is 0.421. The second-order valence-corrected chi connectivity index (χ2v) is 8.18. The van der Waals surface area contributed by atoms with Crippen molar-refractivity contribution in [1.82, 2.24) is 4.90 Å². The Kier molecular flexibility index (Phi) is 4.92. The summed E-state index contributed by atoms with van der Waals surface area (Å²) in [5.74, 6) is -0.347. The van der Waals surface area contributed by atoms with Crippen LogP contribution in [0.25, 0.3) is 0 Å². The minimum absolute atomic E-state index is 0.286. The standard InChI is InChI=1S/C21H20BrN3O4/c1-3-10-29-18-9-8-13(22)11-14(18)15-12-24(2)21(19(15)25(27)28)16-6-4-5-7-17(16)23-20(21)26/h3-9,11,15,19H,1,10,12H2,2H3,(H,23,26)/t15-,19+,21+/m0/s1. The van der Waals surface area contributed by atoms with E-state index in [4.69, 9.17) is 4.74 Å². The SMILES string of the molecule is C=CCOc1ccc(Br)cc1[C@@H]1CN(C)[C@@]2(C(=O)Nc3ccccc32)[C@@H]1[N+](=O)[O-]. The third-order valence-corrected chi connectivity index (χ3v) is 6.26. The molecule has 0 radical (unpaired) electrons. The first-order chi connectivity index (χ1) is 13.9. The second kappa shape index (κ2) is 7.27. The molecule has 1 amide bonds. The fourth-order valence-corrected chi connectivity index (χ4v) is 5.03. The van der Waals surface area contributed by atoms with Crippen LogP contribution in [-0.4, -0.2) is 42.0 Å². The Morgan fingerprint density at radius 3 is 2.90 bits per heavy atom. The molecule has 29 heavy (non-hydrogen) atoms. The molecule has 1 N–H and O–H groups in total. The van der Waals surface area contributed by atoms with Gasteiger partial charge in [0, 0.05) is 32.8 Å². The first-order valence-electron chi connectivity index (χ1n) is 9.20. The minimum atomic E-state index is -1.37. The van der Waals surface area contributed by atoms with E-state index in [1.807, 2.05) is 12.1 Å². The van der Waals surface area contributed by atoms with Gasteiger partial charge in [-0.25, -0.2) is 0 Å². The number of benzene rings is 2. The molecule has 1 saturated heterocycles. The smallest absolute Gasteiger partial charge is 0.256 e. The van der Waals surface area contributed by atoms with Crippen LogP contribution in [0.2, 0.25) is 0 Å². The van der Waals surface area contributed by atoms with Crippen molar-refractivity contribution in [1.29, 1.82) is 0 Å². The zero-order valence-corrected chi connectivity index (χ0v) is 17.4. The largest absolute Gasteiger partial charge is 0.489 e. The Hall–Kier alpha value is -2.71. The molecular weight excluding hydrogens is 438 g/mol. The van der Waals surface area contributed by atoms with Gasteiger partial charge in [-0.3, -0.25) is 19.8 Å². The normalized spacial score (nSPS) is 25.7. The van der Waals surface area contributed by atoms with Crippen LogP contribution in [0, 0.1) is 10.1 Å². The van der Waals surface area contributed by atoms with Crippen LogP contribution in [0.4, 0.5) is 5.69 Å². The fourth-order valence-electron chi connectivity index (χ4n) is 4.65. The van der Waals surface area contributed by atoms with Crippen molar-refractivity contribution in [3.63, 3.8) is 0 Å². The number of hydrogen-bond donors (Lipinski definition) is 1. The maximum absolute atomic E-state index is 13.2. The van der Waals surface area contributed by atoms with E-state index >= 15 is 0 Å². The van der Waals surface area contributed by atoms with Crippen molar-refractivity contribution < 1.29 is 14.5 Å². The monoisotopic (exact) mass is 457 g/mol. The molecule has 0 aromatic heterocycles. The van der Waals surface area contributed by atoms with Crippen LogP contribution < -0.4 is 10.1 Å². The topological polar surface area (TPSA) is 84.7 Å². The number of likely N-dealkylation sites (N-methyl/N-ethyl adjacent to an activating group) is 1. The number of rotatable bonds is 5. The molecule has 4 rings (SSSR count). The van der Waals surface area contributed by atoms with E-state index in [0.717, 1.165) is 4.47 Å². The van der Waals surface area contributed by atoms with Gasteiger partial charge in [-0.1, -0.05) is 46.8 Å². The minimum Gasteiger partial charge on any atom is -0.489 e. The van der Waals surface area contributed by atoms with Gasteiger partial charge in [-0.15, -0.1) is 0 Å². The predicted molar refractivity (Wildman–Crippen MR) is 113 cm³/mol. The lowest BCUT2D eigenvalue weighted by Gasteiger charge is -2.30. The molecule has 1 fully saturated rings. The van der Waals surface area contributed by atoms with Crippen molar-refractivity contribution in [3.8, 4) is 5.75 Å². The Balaban J connectivity index is 1.89. The second-order valence-electron chi connectivity index (χ2n) is 7.27. The Bertz CT molecular complexity index is 1010. The average molecular weight is 458 g/mol. The summed E-state index contributed by atoms with van der Waals surface area (Å²) in [5, 5.41) is 15.2. The van der Waals surface area contributed by atoms with Crippen LogP contribution >= 0.6 is 15.9 Å². The molecule has 3 atom stereocenters. The number of halogens is 1. The number of anilines is 1. The van der Waals surface area contributed by atoms with Crippen molar-refractivity contribution in [3.05, 3.63) is 80.8 Å². The van der Waals surface area contributed by atoms with E-state index in [0.29, 0.717) is 29.1 Å². The Morgan fingerprint density at radius 2 is 2.17 bits per heavy atom. The maximum atomic E-state index is 13.2. The van der Waals surface area contributed by atoms with Gasteiger partial charge in [-0.2, -0.15) is 0 Å². The third-order valence-electron chi connectivity index (χ3n) is 5.77. The zero-order valence-electron chi connectivity index (χ0n) is 15.8. The van der Waals surface area contributed by atoms with E-state index in [9.17, 15) is 14.9 Å². The fraction of sp³-hybridized carbons (Fsp3) is 0.286. The summed E-state index contributed by atoms with van der Waals surface area (Å²) in [6.07, 6.45) is 1.62. The van der Waals surface area contributed by atoms with Gasteiger partial charge in [-0.05, 0) is 31.3 Å². The average Bonchev–Trinajstić information content (AvgIpc) is 3.16. The van der Waals surface area contributed by atoms with Crippen molar-refractivity contribution in [2.45, 2.75) is 17.5 Å². The van der Waals surface area contributed by atoms with Gasteiger partial charge in [0.05, 0.1) is 5.92 Å². The molecule has 2 heterocycles. The number of ether oxygens (including phenoxy) is 1. The molecular formula is C21H20BrN3O4. The number of nitrogens with zero attached hydrogens (tertiary/aromatic N) is 2. The molecule has 8 heteroatoms. The number of likely N-dealkylation sites (tertiary alicyclic amines) is 1. The summed E-state index contributed by atoms with van der Waals surface area (Å²) in [6, 6.07) is 11.5. The molecule has 2 aromatic carbocycles. The van der Waals surface area contributed by atoms with Gasteiger partial charge in [0.1, 0.15) is 12.4 Å². The molecule has 7 nitrogen and oxygen atoms in total. The molecule has 1 spiro atoms. The molecule has 2 aliphatic rings. The number of carbonyl (C=O) groups excluding carboxylic acids is 1. The van der Waals surface area contributed by atoms with Crippen molar-refractivity contribution in [2.75, 3.05) is 25.5 Å². The zero-order chi connectivity index (χ0) is 20.8. The maximum Gasteiger partial charge on any atom is 0.256 e. The number of nitro groups is 1. The van der Waals surface area contributed by atoms with Crippen LogP contribution in [0.3, 0.4) is 0 Å². The first-order valence-corrected chi connectivity index (χ1v) is 9.99. The summed E-state index contributed by atoms with van der Waals surface area (Å²) < 4.78 is 6.58. The number of carbonyl (C=O) groups is 1. The first kappa shape index (κ1) is 19.6. The van der Waals surface area contributed by atoms with E-state index in [1.165, 1.54) is 0 Å². The Labute approximate surface area is 176 Å². The molecule has 0 bridgehead atoms. The van der Waals surface area contributed by atoms with Gasteiger partial charge in [0.2, 0.25) is 0 Å². The molecule has 0 saturated carbocycles. The van der Waals surface area contributed by atoms with Crippen molar-refractivity contribution in [2.24, 2.45) is 0 Å².